The Balaban J connectivity index is 0. The molecular formula is C21H40O2. The lowest BCUT2D eigenvalue weighted by Crippen LogP contribution is -2.15. The zero-order valence-electron chi connectivity index (χ0n) is 17.1. The van der Waals surface area contributed by atoms with Gasteiger partial charge in [-0.2, -0.15) is 0 Å². The molecule has 1 atom stereocenters. The van der Waals surface area contributed by atoms with E-state index < -0.39 is 0 Å². The fourth-order valence-electron chi connectivity index (χ4n) is 2.91. The Hall–Kier alpha value is -1.18. The summed E-state index contributed by atoms with van der Waals surface area (Å²) in [6.07, 6.45) is 6.23. The minimum Gasteiger partial charge on any atom is -0.493 e. The lowest BCUT2D eigenvalue weighted by molar-refractivity contribution is 0.343. The van der Waals surface area contributed by atoms with E-state index in [-0.39, 0.29) is 0 Å². The van der Waals surface area contributed by atoms with Gasteiger partial charge in [0.25, 0.3) is 0 Å². The van der Waals surface area contributed by atoms with Crippen LogP contribution in [0.3, 0.4) is 0 Å². The number of hydrogen-bond donors (Lipinski definition) is 0. The summed E-state index contributed by atoms with van der Waals surface area (Å²) in [6.45, 7) is 14.3. The van der Waals surface area contributed by atoms with Gasteiger partial charge >= 0.3 is 0 Å². The molecule has 0 amide bonds. The molecule has 1 aromatic rings. The van der Waals surface area contributed by atoms with Gasteiger partial charge in [-0.25, -0.2) is 0 Å². The first-order valence-corrected chi connectivity index (χ1v) is 9.52. The number of rotatable bonds is 4. The summed E-state index contributed by atoms with van der Waals surface area (Å²) in [5.41, 5.74) is 2.81. The Bertz CT molecular complexity index is 386. The highest BCUT2D eigenvalue weighted by atomic mass is 16.5. The van der Waals surface area contributed by atoms with Crippen LogP contribution >= 0.6 is 0 Å². The standard InChI is InChI=1S/C15H22O2.3C2H6/c1-4-5-11-6-8-13-12(10-11)7-9-14(16-2)15(13)17-3;3*1-2/h7,9,11H,4-6,8,10H2,1-3H3;3*1-2H3/t11-;;;/m0.../s1. The minimum absolute atomic E-state index is 0.852. The summed E-state index contributed by atoms with van der Waals surface area (Å²) in [4.78, 5) is 0. The number of ether oxygens (including phenoxy) is 2. The highest BCUT2D eigenvalue weighted by Crippen LogP contribution is 2.39. The molecule has 0 unspecified atom stereocenters. The maximum absolute atomic E-state index is 5.50. The zero-order chi connectivity index (χ0) is 18.3. The molecule has 0 saturated heterocycles. The van der Waals surface area contributed by atoms with Crippen LogP contribution in [0.5, 0.6) is 11.5 Å². The lowest BCUT2D eigenvalue weighted by Gasteiger charge is -2.26. The maximum Gasteiger partial charge on any atom is 0.164 e. The van der Waals surface area contributed by atoms with Gasteiger partial charge in [0.1, 0.15) is 0 Å². The monoisotopic (exact) mass is 324 g/mol. The van der Waals surface area contributed by atoms with E-state index in [2.05, 4.69) is 13.0 Å². The van der Waals surface area contributed by atoms with Gasteiger partial charge in [0, 0.05) is 5.56 Å². The lowest BCUT2D eigenvalue weighted by atomic mass is 9.81. The molecule has 2 rings (SSSR count). The van der Waals surface area contributed by atoms with Crippen molar-refractivity contribution in [1.29, 1.82) is 0 Å². The average Bonchev–Trinajstić information content (AvgIpc) is 2.65. The Morgan fingerprint density at radius 2 is 1.57 bits per heavy atom. The van der Waals surface area contributed by atoms with Crippen molar-refractivity contribution in [2.45, 2.75) is 80.6 Å². The van der Waals surface area contributed by atoms with Crippen molar-refractivity contribution in [3.63, 3.8) is 0 Å². The molecule has 0 aliphatic heterocycles. The summed E-state index contributed by atoms with van der Waals surface area (Å²) >= 11 is 0. The Labute approximate surface area is 145 Å². The van der Waals surface area contributed by atoms with Crippen molar-refractivity contribution in [2.24, 2.45) is 5.92 Å². The third-order valence-electron chi connectivity index (χ3n) is 3.75. The number of benzene rings is 1. The highest BCUT2D eigenvalue weighted by molar-refractivity contribution is 5.51. The van der Waals surface area contributed by atoms with E-state index in [1.807, 2.05) is 47.6 Å². The quantitative estimate of drug-likeness (QED) is 0.614. The largest absolute Gasteiger partial charge is 0.493 e. The van der Waals surface area contributed by atoms with Crippen LogP contribution in [0.4, 0.5) is 0 Å². The van der Waals surface area contributed by atoms with E-state index >= 15 is 0 Å². The van der Waals surface area contributed by atoms with Crippen LogP contribution in [0.25, 0.3) is 0 Å². The predicted octanol–water partition coefficient (Wildman–Crippen LogP) is 6.69. The van der Waals surface area contributed by atoms with Crippen molar-refractivity contribution in [3.05, 3.63) is 23.3 Å². The molecule has 0 heterocycles. The van der Waals surface area contributed by atoms with Crippen LogP contribution in [-0.2, 0) is 12.8 Å². The van der Waals surface area contributed by atoms with Crippen molar-refractivity contribution < 1.29 is 9.47 Å². The zero-order valence-corrected chi connectivity index (χ0v) is 17.1. The van der Waals surface area contributed by atoms with Crippen LogP contribution in [0.1, 0.15) is 78.9 Å². The predicted molar refractivity (Wildman–Crippen MR) is 104 cm³/mol. The summed E-state index contributed by atoms with van der Waals surface area (Å²) in [5, 5.41) is 0. The first kappa shape index (κ1) is 24.1. The van der Waals surface area contributed by atoms with Crippen LogP contribution in [-0.4, -0.2) is 14.2 Å². The molecule has 1 aliphatic carbocycles. The van der Waals surface area contributed by atoms with E-state index in [0.717, 1.165) is 23.8 Å². The van der Waals surface area contributed by atoms with Gasteiger partial charge in [0.2, 0.25) is 0 Å². The van der Waals surface area contributed by atoms with Gasteiger partial charge in [-0.1, -0.05) is 67.4 Å². The summed E-state index contributed by atoms with van der Waals surface area (Å²) in [6, 6.07) is 4.24. The highest BCUT2D eigenvalue weighted by Gasteiger charge is 2.22. The Morgan fingerprint density at radius 3 is 2.04 bits per heavy atom. The molecule has 0 radical (unpaired) electrons. The van der Waals surface area contributed by atoms with Gasteiger partial charge in [-0.05, 0) is 36.8 Å². The third kappa shape index (κ3) is 7.28. The van der Waals surface area contributed by atoms with E-state index in [9.17, 15) is 0 Å². The van der Waals surface area contributed by atoms with Crippen LogP contribution in [0.2, 0.25) is 0 Å². The molecule has 2 nitrogen and oxygen atoms in total. The molecular weight excluding hydrogens is 284 g/mol. The second-order valence-corrected chi connectivity index (χ2v) is 4.84. The second-order valence-electron chi connectivity index (χ2n) is 4.84. The normalized spacial score (nSPS) is 14.6. The van der Waals surface area contributed by atoms with Gasteiger partial charge in [-0.15, -0.1) is 0 Å². The molecule has 0 spiro atoms. The number of methoxy groups -OCH3 is 2. The molecule has 1 aliphatic rings. The molecule has 136 valence electrons. The molecule has 0 aromatic heterocycles. The Kier molecular flexibility index (Phi) is 16.4. The molecule has 23 heavy (non-hydrogen) atoms. The van der Waals surface area contributed by atoms with E-state index in [0.29, 0.717) is 0 Å². The van der Waals surface area contributed by atoms with Crippen LogP contribution in [0, 0.1) is 5.92 Å². The van der Waals surface area contributed by atoms with Crippen molar-refractivity contribution in [3.8, 4) is 11.5 Å². The molecule has 0 saturated carbocycles. The van der Waals surface area contributed by atoms with Crippen molar-refractivity contribution in [2.75, 3.05) is 14.2 Å². The van der Waals surface area contributed by atoms with Crippen molar-refractivity contribution in [1.82, 2.24) is 0 Å². The SMILES string of the molecule is CC.CC.CC.CCC[C@H]1CCc2c(ccc(OC)c2OC)C1. The topological polar surface area (TPSA) is 18.5 Å². The number of fused-ring (bicyclic) bond motifs is 1. The maximum atomic E-state index is 5.50. The molecule has 2 heteroatoms. The number of hydrogen-bond acceptors (Lipinski definition) is 2. The van der Waals surface area contributed by atoms with E-state index in [1.54, 1.807) is 14.2 Å². The summed E-state index contributed by atoms with van der Waals surface area (Å²) < 4.78 is 10.9. The summed E-state index contributed by atoms with van der Waals surface area (Å²) in [7, 11) is 3.43. The van der Waals surface area contributed by atoms with Crippen LogP contribution < -0.4 is 9.47 Å². The third-order valence-corrected chi connectivity index (χ3v) is 3.75. The van der Waals surface area contributed by atoms with Gasteiger partial charge in [-0.3, -0.25) is 0 Å². The smallest absolute Gasteiger partial charge is 0.164 e. The fourth-order valence-corrected chi connectivity index (χ4v) is 2.91. The van der Waals surface area contributed by atoms with Gasteiger partial charge < -0.3 is 9.47 Å². The molecule has 1 aromatic carbocycles. The second kappa shape index (κ2) is 15.7. The van der Waals surface area contributed by atoms with Gasteiger partial charge in [0.05, 0.1) is 14.2 Å². The summed E-state index contributed by atoms with van der Waals surface area (Å²) in [5.74, 6) is 2.66. The molecule has 0 bridgehead atoms. The van der Waals surface area contributed by atoms with Crippen LogP contribution in [0.15, 0.2) is 12.1 Å². The average molecular weight is 325 g/mol. The fraction of sp³-hybridized carbons (Fsp3) is 0.714. The van der Waals surface area contributed by atoms with Gasteiger partial charge in [0.15, 0.2) is 11.5 Å². The minimum atomic E-state index is 0.852. The first-order chi connectivity index (χ1) is 11.3. The van der Waals surface area contributed by atoms with E-state index in [1.165, 1.54) is 36.8 Å². The molecule has 0 N–H and O–H groups in total. The van der Waals surface area contributed by atoms with Crippen molar-refractivity contribution >= 4 is 0 Å². The molecule has 0 fully saturated rings. The Morgan fingerprint density at radius 1 is 0.957 bits per heavy atom. The first-order valence-electron chi connectivity index (χ1n) is 9.52. The van der Waals surface area contributed by atoms with E-state index in [4.69, 9.17) is 9.47 Å².